The van der Waals surface area contributed by atoms with E-state index in [2.05, 4.69) is 48.6 Å². The minimum atomic E-state index is 0.954. The van der Waals surface area contributed by atoms with Crippen molar-refractivity contribution in [2.24, 2.45) is 5.14 Å². The maximum atomic E-state index is 5.55. The van der Waals surface area contributed by atoms with Gasteiger partial charge in [-0.1, -0.05) is 18.2 Å². The van der Waals surface area contributed by atoms with E-state index >= 15 is 0 Å². The van der Waals surface area contributed by atoms with Gasteiger partial charge in [-0.3, -0.25) is 5.14 Å². The van der Waals surface area contributed by atoms with Gasteiger partial charge in [0.1, 0.15) is 0 Å². The second-order valence-corrected chi connectivity index (χ2v) is 6.06. The molecule has 0 spiro atoms. The molecular formula is C15H18N2S2. The molecule has 0 radical (unpaired) electrons. The van der Waals surface area contributed by atoms with Crippen molar-refractivity contribution in [1.82, 2.24) is 0 Å². The van der Waals surface area contributed by atoms with Gasteiger partial charge in [-0.15, -0.1) is 11.8 Å². The van der Waals surface area contributed by atoms with Crippen LogP contribution >= 0.6 is 23.7 Å². The lowest BCUT2D eigenvalue weighted by Crippen LogP contribution is -2.05. The van der Waals surface area contributed by atoms with Crippen molar-refractivity contribution >= 4 is 29.4 Å². The van der Waals surface area contributed by atoms with Crippen LogP contribution in [0.3, 0.4) is 0 Å². The lowest BCUT2D eigenvalue weighted by molar-refractivity contribution is 1.20. The highest BCUT2D eigenvalue weighted by atomic mass is 32.2. The maximum absolute atomic E-state index is 5.55. The molecule has 3 N–H and O–H groups in total. The van der Waals surface area contributed by atoms with Gasteiger partial charge in [-0.25, -0.2) is 0 Å². The average Bonchev–Trinajstić information content (AvgIpc) is 2.46. The van der Waals surface area contributed by atoms with Crippen LogP contribution in [0.15, 0.2) is 58.3 Å². The normalized spacial score (nSPS) is 10.4. The third-order valence-electron chi connectivity index (χ3n) is 2.76. The Morgan fingerprint density at radius 3 is 2.53 bits per heavy atom. The summed E-state index contributed by atoms with van der Waals surface area (Å²) in [5.74, 6) is 1.05. The van der Waals surface area contributed by atoms with Crippen LogP contribution in [0.25, 0.3) is 0 Å². The van der Waals surface area contributed by atoms with E-state index in [0.717, 1.165) is 17.2 Å². The highest BCUT2D eigenvalue weighted by Gasteiger charge is 1.99. The largest absolute Gasteiger partial charge is 0.384 e. The van der Waals surface area contributed by atoms with Crippen LogP contribution in [0.2, 0.25) is 0 Å². The van der Waals surface area contributed by atoms with E-state index in [0.29, 0.717) is 0 Å². The lowest BCUT2D eigenvalue weighted by Gasteiger charge is -2.10. The van der Waals surface area contributed by atoms with Crippen LogP contribution in [-0.4, -0.2) is 12.3 Å². The molecule has 0 aliphatic rings. The van der Waals surface area contributed by atoms with Gasteiger partial charge in [0.15, 0.2) is 0 Å². The molecule has 0 aromatic heterocycles. The molecule has 0 fully saturated rings. The standard InChI is InChI=1S/C15H18N2S2/c1-12-11-14(19-16)7-8-15(12)17-9-10-18-13-5-3-2-4-6-13/h2-8,11,17H,9-10,16H2,1H3. The van der Waals surface area contributed by atoms with Gasteiger partial charge in [0.25, 0.3) is 0 Å². The molecule has 2 aromatic rings. The van der Waals surface area contributed by atoms with Gasteiger partial charge in [-0.2, -0.15) is 0 Å². The number of anilines is 1. The molecule has 19 heavy (non-hydrogen) atoms. The SMILES string of the molecule is Cc1cc(SN)ccc1NCCSc1ccccc1. The zero-order valence-corrected chi connectivity index (χ0v) is 12.6. The van der Waals surface area contributed by atoms with Crippen LogP contribution in [0.4, 0.5) is 5.69 Å². The van der Waals surface area contributed by atoms with Gasteiger partial charge in [0, 0.05) is 27.8 Å². The Balaban J connectivity index is 1.80. The Bertz CT molecular complexity index is 515. The molecule has 4 heteroatoms. The molecule has 100 valence electrons. The van der Waals surface area contributed by atoms with E-state index in [1.165, 1.54) is 28.1 Å². The number of thioether (sulfide) groups is 1. The van der Waals surface area contributed by atoms with Gasteiger partial charge in [-0.05, 0) is 54.8 Å². The highest BCUT2D eigenvalue weighted by molar-refractivity contribution is 7.99. The minimum absolute atomic E-state index is 0.954. The predicted octanol–water partition coefficient (Wildman–Crippen LogP) is 4.17. The van der Waals surface area contributed by atoms with Gasteiger partial charge >= 0.3 is 0 Å². The van der Waals surface area contributed by atoms with Gasteiger partial charge in [0.2, 0.25) is 0 Å². The van der Waals surface area contributed by atoms with Crippen molar-refractivity contribution in [2.75, 3.05) is 17.6 Å². The first-order chi connectivity index (χ1) is 9.29. The molecule has 0 bridgehead atoms. The van der Waals surface area contributed by atoms with Crippen LogP contribution in [0.5, 0.6) is 0 Å². The van der Waals surface area contributed by atoms with Crippen molar-refractivity contribution in [3.63, 3.8) is 0 Å². The monoisotopic (exact) mass is 290 g/mol. The molecule has 2 aromatic carbocycles. The van der Waals surface area contributed by atoms with Crippen molar-refractivity contribution < 1.29 is 0 Å². The lowest BCUT2D eigenvalue weighted by atomic mass is 10.2. The molecule has 2 nitrogen and oxygen atoms in total. The topological polar surface area (TPSA) is 38.0 Å². The quantitative estimate of drug-likeness (QED) is 0.476. The van der Waals surface area contributed by atoms with E-state index in [1.807, 2.05) is 23.9 Å². The highest BCUT2D eigenvalue weighted by Crippen LogP contribution is 2.21. The molecule has 0 saturated heterocycles. The molecule has 2 rings (SSSR count). The Kier molecular flexibility index (Phi) is 5.63. The van der Waals surface area contributed by atoms with Crippen molar-refractivity contribution in [2.45, 2.75) is 16.7 Å². The zero-order chi connectivity index (χ0) is 13.5. The second kappa shape index (κ2) is 7.48. The Morgan fingerprint density at radius 2 is 1.84 bits per heavy atom. The van der Waals surface area contributed by atoms with Crippen LogP contribution < -0.4 is 10.5 Å². The second-order valence-electron chi connectivity index (χ2n) is 4.18. The third-order valence-corrected chi connectivity index (χ3v) is 4.30. The van der Waals surface area contributed by atoms with Gasteiger partial charge < -0.3 is 5.32 Å². The number of benzene rings is 2. The summed E-state index contributed by atoms with van der Waals surface area (Å²) < 4.78 is 0. The fourth-order valence-corrected chi connectivity index (χ4v) is 2.96. The molecule has 0 amide bonds. The van der Waals surface area contributed by atoms with E-state index in [4.69, 9.17) is 5.14 Å². The Labute approximate surface area is 123 Å². The molecule has 0 heterocycles. The maximum Gasteiger partial charge on any atom is 0.0370 e. The van der Waals surface area contributed by atoms with E-state index in [-0.39, 0.29) is 0 Å². The molecule has 0 atom stereocenters. The summed E-state index contributed by atoms with van der Waals surface area (Å²) in [6, 6.07) is 16.7. The first kappa shape index (κ1) is 14.3. The number of aryl methyl sites for hydroxylation is 1. The molecule has 0 saturated carbocycles. The molecule has 0 aliphatic heterocycles. The summed E-state index contributed by atoms with van der Waals surface area (Å²) >= 11 is 3.15. The summed E-state index contributed by atoms with van der Waals surface area (Å²) in [6.07, 6.45) is 0. The van der Waals surface area contributed by atoms with Crippen LogP contribution in [0, 0.1) is 6.92 Å². The summed E-state index contributed by atoms with van der Waals surface area (Å²) in [4.78, 5) is 2.41. The predicted molar refractivity (Wildman–Crippen MR) is 86.9 cm³/mol. The van der Waals surface area contributed by atoms with E-state index < -0.39 is 0 Å². The molecule has 0 aliphatic carbocycles. The number of nitrogens with two attached hydrogens (primary N) is 1. The minimum Gasteiger partial charge on any atom is -0.384 e. The van der Waals surface area contributed by atoms with Gasteiger partial charge in [0.05, 0.1) is 0 Å². The fourth-order valence-electron chi connectivity index (χ4n) is 1.78. The van der Waals surface area contributed by atoms with Crippen molar-refractivity contribution in [3.05, 3.63) is 54.1 Å². The fraction of sp³-hybridized carbons (Fsp3) is 0.200. The zero-order valence-electron chi connectivity index (χ0n) is 10.9. The molecule has 0 unspecified atom stereocenters. The number of rotatable bonds is 6. The third kappa shape index (κ3) is 4.49. The molecular weight excluding hydrogens is 272 g/mol. The van der Waals surface area contributed by atoms with Crippen LogP contribution in [0.1, 0.15) is 5.56 Å². The first-order valence-corrected chi connectivity index (χ1v) is 8.05. The average molecular weight is 290 g/mol. The summed E-state index contributed by atoms with van der Waals surface area (Å²) in [5, 5.41) is 9.01. The Morgan fingerprint density at radius 1 is 1.05 bits per heavy atom. The summed E-state index contributed by atoms with van der Waals surface area (Å²) in [6.45, 7) is 3.06. The number of nitrogens with one attached hydrogen (secondary N) is 1. The van der Waals surface area contributed by atoms with Crippen molar-refractivity contribution in [1.29, 1.82) is 0 Å². The smallest absolute Gasteiger partial charge is 0.0370 e. The first-order valence-electron chi connectivity index (χ1n) is 6.18. The summed E-state index contributed by atoms with van der Waals surface area (Å²) in [5.41, 5.74) is 2.42. The number of hydrogen-bond acceptors (Lipinski definition) is 4. The van der Waals surface area contributed by atoms with E-state index in [9.17, 15) is 0 Å². The Hall–Kier alpha value is -1.10. The summed E-state index contributed by atoms with van der Waals surface area (Å²) in [7, 11) is 0. The van der Waals surface area contributed by atoms with E-state index in [1.54, 1.807) is 0 Å². The number of hydrogen-bond donors (Lipinski definition) is 2. The van der Waals surface area contributed by atoms with Crippen molar-refractivity contribution in [3.8, 4) is 0 Å². The van der Waals surface area contributed by atoms with Crippen LogP contribution in [-0.2, 0) is 0 Å².